The number of hydrogen-bond acceptors (Lipinski definition) is 3. The van der Waals surface area contributed by atoms with Crippen LogP contribution >= 0.6 is 0 Å². The van der Waals surface area contributed by atoms with E-state index in [4.69, 9.17) is 5.73 Å². The van der Waals surface area contributed by atoms with E-state index in [1.807, 2.05) is 6.92 Å². The maximum Gasteiger partial charge on any atom is 0.225 e. The minimum absolute atomic E-state index is 0.0567. The first kappa shape index (κ1) is 14.6. The number of nitrogen functional groups attached to an aromatic ring is 1. The Kier molecular flexibility index (Phi) is 5.77. The highest BCUT2D eigenvalue weighted by atomic mass is 32.2. The quantitative estimate of drug-likeness (QED) is 0.777. The van der Waals surface area contributed by atoms with Crippen molar-refractivity contribution in [2.75, 3.05) is 22.6 Å². The average molecular weight is 272 g/mol. The van der Waals surface area contributed by atoms with E-state index in [-0.39, 0.29) is 18.0 Å². The lowest BCUT2D eigenvalue weighted by Gasteiger charge is -2.07. The minimum atomic E-state index is -0.988. The van der Waals surface area contributed by atoms with Gasteiger partial charge in [0, 0.05) is 34.4 Å². The molecule has 1 aromatic carbocycles. The summed E-state index contributed by atoms with van der Waals surface area (Å²) >= 11 is 0. The second-order valence-electron chi connectivity index (χ2n) is 3.89. The second kappa shape index (κ2) is 7.10. The molecule has 0 aliphatic rings. The number of rotatable bonds is 6. The van der Waals surface area contributed by atoms with Gasteiger partial charge in [-0.1, -0.05) is 6.92 Å². The van der Waals surface area contributed by atoms with Crippen molar-refractivity contribution in [2.45, 2.75) is 19.8 Å². The van der Waals surface area contributed by atoms with E-state index in [1.54, 1.807) is 0 Å². The van der Waals surface area contributed by atoms with E-state index in [0.717, 1.165) is 6.42 Å². The monoisotopic (exact) mass is 272 g/mol. The summed E-state index contributed by atoms with van der Waals surface area (Å²) in [4.78, 5) is 11.5. The molecule has 6 heteroatoms. The van der Waals surface area contributed by atoms with Crippen LogP contribution in [0.5, 0.6) is 0 Å². The van der Waals surface area contributed by atoms with E-state index >= 15 is 0 Å². The molecule has 0 heterocycles. The molecule has 1 atom stereocenters. The number of carbonyl (C=O) groups excluding carboxylic acids is 1. The zero-order valence-electron chi connectivity index (χ0n) is 10.2. The topological polar surface area (TPSA) is 72.2 Å². The molecule has 0 saturated carbocycles. The van der Waals surface area contributed by atoms with Gasteiger partial charge in [0.1, 0.15) is 5.82 Å². The van der Waals surface area contributed by atoms with Gasteiger partial charge in [0.05, 0.1) is 5.69 Å². The Bertz CT molecular complexity index is 452. The van der Waals surface area contributed by atoms with Crippen LogP contribution in [-0.4, -0.2) is 21.6 Å². The fraction of sp³-hybridized carbons (Fsp3) is 0.417. The third-order valence-electron chi connectivity index (χ3n) is 2.25. The molecule has 1 rings (SSSR count). The molecule has 0 aliphatic heterocycles. The molecule has 0 aromatic heterocycles. The third-order valence-corrected chi connectivity index (χ3v) is 3.78. The van der Waals surface area contributed by atoms with Crippen LogP contribution in [0.4, 0.5) is 15.8 Å². The summed E-state index contributed by atoms with van der Waals surface area (Å²) in [5.41, 5.74) is 5.93. The summed E-state index contributed by atoms with van der Waals surface area (Å²) in [6.07, 6.45) is 0.929. The predicted octanol–water partition coefficient (Wildman–Crippen LogP) is 1.90. The highest BCUT2D eigenvalue weighted by Crippen LogP contribution is 2.17. The van der Waals surface area contributed by atoms with Crippen LogP contribution in [-0.2, 0) is 15.6 Å². The normalized spacial score (nSPS) is 12.1. The molecule has 1 unspecified atom stereocenters. The van der Waals surface area contributed by atoms with Crippen molar-refractivity contribution in [3.8, 4) is 0 Å². The summed E-state index contributed by atoms with van der Waals surface area (Å²) < 4.78 is 24.7. The summed E-state index contributed by atoms with van der Waals surface area (Å²) in [5, 5.41) is 2.42. The standard InChI is InChI=1S/C12H17FN2O2S/c1-2-6-18(17)7-5-12(16)15-11-8-9(14)3-4-10(11)13/h3-4,8H,2,5-7,14H2,1H3,(H,15,16). The Balaban J connectivity index is 2.49. The molecule has 0 spiro atoms. The average Bonchev–Trinajstić information content (AvgIpc) is 2.32. The van der Waals surface area contributed by atoms with Crippen LogP contribution in [0.15, 0.2) is 18.2 Å². The minimum Gasteiger partial charge on any atom is -0.399 e. The fourth-order valence-corrected chi connectivity index (χ4v) is 2.46. The summed E-state index contributed by atoms with van der Waals surface area (Å²) in [6, 6.07) is 3.97. The molecule has 0 aliphatic carbocycles. The number of benzene rings is 1. The number of hydrogen-bond donors (Lipinski definition) is 2. The molecule has 1 amide bonds. The number of anilines is 2. The van der Waals surface area contributed by atoms with Crippen molar-refractivity contribution in [3.63, 3.8) is 0 Å². The van der Waals surface area contributed by atoms with Crippen LogP contribution < -0.4 is 11.1 Å². The van der Waals surface area contributed by atoms with E-state index in [0.29, 0.717) is 17.2 Å². The molecule has 3 N–H and O–H groups in total. The Morgan fingerprint density at radius 2 is 2.17 bits per heavy atom. The Labute approximate surface area is 108 Å². The smallest absolute Gasteiger partial charge is 0.225 e. The van der Waals surface area contributed by atoms with Crippen LogP contribution in [0.2, 0.25) is 0 Å². The van der Waals surface area contributed by atoms with Gasteiger partial charge >= 0.3 is 0 Å². The molecule has 1 aromatic rings. The molecule has 0 radical (unpaired) electrons. The van der Waals surface area contributed by atoms with Gasteiger partial charge in [-0.15, -0.1) is 0 Å². The maximum atomic E-state index is 13.3. The lowest BCUT2D eigenvalue weighted by atomic mass is 10.2. The zero-order chi connectivity index (χ0) is 13.5. The van der Waals surface area contributed by atoms with Gasteiger partial charge in [-0.25, -0.2) is 4.39 Å². The first-order valence-corrected chi connectivity index (χ1v) is 7.21. The van der Waals surface area contributed by atoms with Gasteiger partial charge in [0.15, 0.2) is 0 Å². The molecular formula is C12H17FN2O2S. The van der Waals surface area contributed by atoms with Gasteiger partial charge in [0.25, 0.3) is 0 Å². The lowest BCUT2D eigenvalue weighted by Crippen LogP contribution is -2.16. The van der Waals surface area contributed by atoms with Crippen molar-refractivity contribution >= 4 is 28.1 Å². The van der Waals surface area contributed by atoms with Crippen molar-refractivity contribution in [1.29, 1.82) is 0 Å². The Morgan fingerprint density at radius 1 is 1.44 bits per heavy atom. The number of carbonyl (C=O) groups is 1. The summed E-state index contributed by atoms with van der Waals surface area (Å²) in [5.74, 6) is -0.0139. The number of nitrogens with two attached hydrogens (primary N) is 1. The van der Waals surface area contributed by atoms with E-state index in [2.05, 4.69) is 5.32 Å². The molecule has 18 heavy (non-hydrogen) atoms. The molecule has 4 nitrogen and oxygen atoms in total. The number of nitrogens with one attached hydrogen (secondary N) is 1. The Hall–Kier alpha value is -1.43. The summed E-state index contributed by atoms with van der Waals surface area (Å²) in [7, 11) is -0.988. The first-order chi connectivity index (χ1) is 8.52. The van der Waals surface area contributed by atoms with Gasteiger partial charge in [-0.05, 0) is 24.6 Å². The first-order valence-electron chi connectivity index (χ1n) is 5.72. The van der Waals surface area contributed by atoms with Crippen LogP contribution in [0, 0.1) is 5.82 Å². The Morgan fingerprint density at radius 3 is 2.83 bits per heavy atom. The lowest BCUT2D eigenvalue weighted by molar-refractivity contribution is -0.115. The highest BCUT2D eigenvalue weighted by Gasteiger charge is 2.09. The summed E-state index contributed by atoms with van der Waals surface area (Å²) in [6.45, 7) is 1.93. The molecule has 100 valence electrons. The highest BCUT2D eigenvalue weighted by molar-refractivity contribution is 7.84. The van der Waals surface area contributed by atoms with Crippen molar-refractivity contribution in [3.05, 3.63) is 24.0 Å². The van der Waals surface area contributed by atoms with E-state index < -0.39 is 16.6 Å². The molecular weight excluding hydrogens is 255 g/mol. The van der Waals surface area contributed by atoms with E-state index in [9.17, 15) is 13.4 Å². The van der Waals surface area contributed by atoms with E-state index in [1.165, 1.54) is 18.2 Å². The fourth-order valence-electron chi connectivity index (χ4n) is 1.39. The van der Waals surface area contributed by atoms with Crippen molar-refractivity contribution < 1.29 is 13.4 Å². The van der Waals surface area contributed by atoms with Gasteiger partial charge in [-0.3, -0.25) is 9.00 Å². The third kappa shape index (κ3) is 4.83. The van der Waals surface area contributed by atoms with Gasteiger partial charge in [0.2, 0.25) is 5.91 Å². The largest absolute Gasteiger partial charge is 0.399 e. The number of amides is 1. The van der Waals surface area contributed by atoms with Crippen LogP contribution in [0.1, 0.15) is 19.8 Å². The van der Waals surface area contributed by atoms with Crippen molar-refractivity contribution in [1.82, 2.24) is 0 Å². The number of halogens is 1. The van der Waals surface area contributed by atoms with Crippen molar-refractivity contribution in [2.24, 2.45) is 0 Å². The van der Waals surface area contributed by atoms with Gasteiger partial charge in [-0.2, -0.15) is 0 Å². The predicted molar refractivity (Wildman–Crippen MR) is 72.2 cm³/mol. The maximum absolute atomic E-state index is 13.3. The van der Waals surface area contributed by atoms with Crippen LogP contribution in [0.25, 0.3) is 0 Å². The second-order valence-corrected chi connectivity index (χ2v) is 5.58. The van der Waals surface area contributed by atoms with Gasteiger partial charge < -0.3 is 11.1 Å². The van der Waals surface area contributed by atoms with Crippen LogP contribution in [0.3, 0.4) is 0 Å². The SMILES string of the molecule is CCCS(=O)CCC(=O)Nc1cc(N)ccc1F. The zero-order valence-corrected chi connectivity index (χ0v) is 11.1. The molecule has 0 saturated heterocycles. The molecule has 0 bridgehead atoms. The molecule has 0 fully saturated rings.